The van der Waals surface area contributed by atoms with E-state index in [1.54, 1.807) is 31.3 Å². The van der Waals surface area contributed by atoms with Crippen molar-refractivity contribution >= 4 is 35.4 Å². The number of ether oxygens (including phenoxy) is 2. The molecule has 15 heteroatoms. The first-order valence-electron chi connectivity index (χ1n) is 14.3. The predicted molar refractivity (Wildman–Crippen MR) is 161 cm³/mol. The van der Waals surface area contributed by atoms with Crippen LogP contribution in [-0.4, -0.2) is 63.8 Å². The quantitative estimate of drug-likeness (QED) is 0.173. The van der Waals surface area contributed by atoms with Crippen LogP contribution >= 0.6 is 0 Å². The van der Waals surface area contributed by atoms with Crippen LogP contribution < -0.4 is 24.7 Å². The summed E-state index contributed by atoms with van der Waals surface area (Å²) in [6, 6.07) is 8.15. The Balaban J connectivity index is 1.35. The molecular weight excluding hydrogens is 558 g/mol. The summed E-state index contributed by atoms with van der Waals surface area (Å²) in [7, 11) is 0. The zero-order valence-corrected chi connectivity index (χ0v) is 23.8. The molecule has 0 aliphatic carbocycles. The number of nitrogens with one attached hydrogen (secondary N) is 1. The number of nitro groups is 2. The molecule has 1 aromatic heterocycles. The van der Waals surface area contributed by atoms with Crippen molar-refractivity contribution in [3.05, 3.63) is 62.2 Å². The van der Waals surface area contributed by atoms with Gasteiger partial charge in [-0.25, -0.2) is 5.43 Å². The molecule has 0 saturated carbocycles. The number of benzene rings is 2. The summed E-state index contributed by atoms with van der Waals surface area (Å²) in [6.07, 6.45) is 8.39. The van der Waals surface area contributed by atoms with Gasteiger partial charge in [0, 0.05) is 32.2 Å². The summed E-state index contributed by atoms with van der Waals surface area (Å²) in [5.74, 6) is 2.02. The molecule has 3 heterocycles. The normalized spacial score (nSPS) is 15.4. The highest BCUT2D eigenvalue weighted by atomic mass is 16.6. The second-order valence-corrected chi connectivity index (χ2v) is 10.1. The first-order chi connectivity index (χ1) is 20.9. The lowest BCUT2D eigenvalue weighted by Crippen LogP contribution is -2.34. The first-order valence-corrected chi connectivity index (χ1v) is 14.3. The Morgan fingerprint density at radius 1 is 0.837 bits per heavy atom. The van der Waals surface area contributed by atoms with E-state index < -0.39 is 21.2 Å². The molecule has 2 aliphatic rings. The van der Waals surface area contributed by atoms with Crippen LogP contribution in [0.2, 0.25) is 0 Å². The number of non-ortho nitro benzene ring substituents is 1. The van der Waals surface area contributed by atoms with Gasteiger partial charge in [-0.3, -0.25) is 20.2 Å². The van der Waals surface area contributed by atoms with Crippen molar-refractivity contribution in [2.45, 2.75) is 45.4 Å². The average Bonchev–Trinajstić information content (AvgIpc) is 3.03. The highest BCUT2D eigenvalue weighted by molar-refractivity contribution is 5.81. The topological polar surface area (TPSA) is 174 Å². The lowest BCUT2D eigenvalue weighted by Gasteiger charge is -2.30. The molecule has 3 aromatic rings. The van der Waals surface area contributed by atoms with Crippen LogP contribution in [0, 0.1) is 20.2 Å². The Kier molecular flexibility index (Phi) is 9.39. The van der Waals surface area contributed by atoms with Gasteiger partial charge in [-0.15, -0.1) is 0 Å². The first kappa shape index (κ1) is 29.4. The van der Waals surface area contributed by atoms with Crippen LogP contribution in [0.3, 0.4) is 0 Å². The SMILES string of the molecule is CCOc1cc(C=NNc2nc(N3CCCCC3)nc(N3CCCCC3)n2)ccc1Oc1ccc([N+](=O)[O-])cc1[N+](=O)[O-]. The lowest BCUT2D eigenvalue weighted by atomic mass is 10.1. The minimum atomic E-state index is -0.732. The third kappa shape index (κ3) is 7.42. The van der Waals surface area contributed by atoms with Crippen molar-refractivity contribution in [2.75, 3.05) is 48.0 Å². The van der Waals surface area contributed by atoms with E-state index in [-0.39, 0.29) is 11.5 Å². The number of hydrazone groups is 1. The minimum Gasteiger partial charge on any atom is -0.490 e. The number of hydrogen-bond acceptors (Lipinski definition) is 13. The molecule has 0 radical (unpaired) electrons. The summed E-state index contributed by atoms with van der Waals surface area (Å²) < 4.78 is 11.5. The third-order valence-corrected chi connectivity index (χ3v) is 7.11. The van der Waals surface area contributed by atoms with E-state index in [2.05, 4.69) is 30.3 Å². The number of aromatic nitrogens is 3. The van der Waals surface area contributed by atoms with Gasteiger partial charge in [0.15, 0.2) is 11.5 Å². The number of rotatable bonds is 11. The van der Waals surface area contributed by atoms with Gasteiger partial charge in [0.25, 0.3) is 5.69 Å². The molecule has 0 spiro atoms. The number of hydrogen-bond donors (Lipinski definition) is 1. The van der Waals surface area contributed by atoms with Crippen LogP contribution in [0.5, 0.6) is 17.2 Å². The number of anilines is 3. The van der Waals surface area contributed by atoms with Crippen molar-refractivity contribution in [3.8, 4) is 17.2 Å². The van der Waals surface area contributed by atoms with Crippen LogP contribution in [0.1, 0.15) is 51.0 Å². The van der Waals surface area contributed by atoms with E-state index in [9.17, 15) is 20.2 Å². The number of nitrogens with zero attached hydrogens (tertiary/aromatic N) is 8. The standard InChI is InChI=1S/C28H33N9O6/c1-2-42-25-17-20(9-11-24(25)43-23-12-10-21(36(38)39)18-22(23)37(40)41)19-29-33-26-30-27(34-13-5-3-6-14-34)32-28(31-26)35-15-7-4-8-16-35/h9-12,17-19H,2-8,13-16H2,1H3,(H,30,31,32,33). The molecule has 2 aromatic carbocycles. The smallest absolute Gasteiger partial charge is 0.318 e. The summed E-state index contributed by atoms with van der Waals surface area (Å²) >= 11 is 0. The van der Waals surface area contributed by atoms with E-state index >= 15 is 0 Å². The second-order valence-electron chi connectivity index (χ2n) is 10.1. The average molecular weight is 592 g/mol. The molecule has 43 heavy (non-hydrogen) atoms. The van der Waals surface area contributed by atoms with Gasteiger partial charge < -0.3 is 19.3 Å². The zero-order chi connectivity index (χ0) is 30.2. The van der Waals surface area contributed by atoms with Gasteiger partial charge in [0.2, 0.25) is 23.6 Å². The van der Waals surface area contributed by atoms with E-state index in [4.69, 9.17) is 14.5 Å². The Morgan fingerprint density at radius 3 is 2.05 bits per heavy atom. The van der Waals surface area contributed by atoms with Gasteiger partial charge >= 0.3 is 5.69 Å². The monoisotopic (exact) mass is 591 g/mol. The van der Waals surface area contributed by atoms with Gasteiger partial charge in [-0.05, 0) is 75.3 Å². The summed E-state index contributed by atoms with van der Waals surface area (Å²) in [6.45, 7) is 5.73. The van der Waals surface area contributed by atoms with Crippen molar-refractivity contribution < 1.29 is 19.3 Å². The minimum absolute atomic E-state index is 0.150. The molecule has 1 N–H and O–H groups in total. The van der Waals surface area contributed by atoms with Crippen LogP contribution in [-0.2, 0) is 0 Å². The van der Waals surface area contributed by atoms with Crippen molar-refractivity contribution in [3.63, 3.8) is 0 Å². The van der Waals surface area contributed by atoms with Gasteiger partial charge in [-0.1, -0.05) is 0 Å². The van der Waals surface area contributed by atoms with Crippen molar-refractivity contribution in [1.82, 2.24) is 15.0 Å². The Hall–Kier alpha value is -5.08. The lowest BCUT2D eigenvalue weighted by molar-refractivity contribution is -0.394. The molecule has 2 fully saturated rings. The molecule has 0 bridgehead atoms. The van der Waals surface area contributed by atoms with E-state index in [1.165, 1.54) is 18.9 Å². The molecular formula is C28H33N9O6. The zero-order valence-electron chi connectivity index (χ0n) is 23.8. The molecule has 0 unspecified atom stereocenters. The van der Waals surface area contributed by atoms with Crippen LogP contribution in [0.4, 0.5) is 29.2 Å². The molecule has 2 saturated heterocycles. The fourth-order valence-corrected chi connectivity index (χ4v) is 4.96. The Labute approximate surface area is 247 Å². The molecule has 2 aliphatic heterocycles. The molecule has 15 nitrogen and oxygen atoms in total. The van der Waals surface area contributed by atoms with E-state index in [1.807, 2.05) is 0 Å². The van der Waals surface area contributed by atoms with Crippen molar-refractivity contribution in [2.24, 2.45) is 5.10 Å². The summed E-state index contributed by atoms with van der Waals surface area (Å²) in [4.78, 5) is 39.6. The Morgan fingerprint density at radius 2 is 1.47 bits per heavy atom. The van der Waals surface area contributed by atoms with Gasteiger partial charge in [-0.2, -0.15) is 20.1 Å². The van der Waals surface area contributed by atoms with Crippen LogP contribution in [0.25, 0.3) is 0 Å². The van der Waals surface area contributed by atoms with Crippen LogP contribution in [0.15, 0.2) is 41.5 Å². The fourth-order valence-electron chi connectivity index (χ4n) is 4.96. The highest BCUT2D eigenvalue weighted by Gasteiger charge is 2.23. The molecule has 0 amide bonds. The van der Waals surface area contributed by atoms with Gasteiger partial charge in [0.1, 0.15) is 0 Å². The summed E-state index contributed by atoms with van der Waals surface area (Å²) in [5.41, 5.74) is 2.66. The molecule has 0 atom stereocenters. The second kappa shape index (κ2) is 13.7. The summed E-state index contributed by atoms with van der Waals surface area (Å²) in [5, 5.41) is 27.0. The van der Waals surface area contributed by atoms with Gasteiger partial charge in [0.05, 0.1) is 28.7 Å². The maximum absolute atomic E-state index is 11.5. The molecule has 5 rings (SSSR count). The van der Waals surface area contributed by atoms with E-state index in [0.29, 0.717) is 35.8 Å². The van der Waals surface area contributed by atoms with E-state index in [0.717, 1.165) is 64.0 Å². The Bertz CT molecular complexity index is 1450. The maximum Gasteiger partial charge on any atom is 0.318 e. The van der Waals surface area contributed by atoms with Crippen molar-refractivity contribution in [1.29, 1.82) is 0 Å². The predicted octanol–water partition coefficient (Wildman–Crippen LogP) is 5.31. The number of piperidine rings is 2. The fraction of sp³-hybridized carbons (Fsp3) is 0.429. The molecule has 226 valence electrons. The largest absolute Gasteiger partial charge is 0.490 e. The maximum atomic E-state index is 11.5. The third-order valence-electron chi connectivity index (χ3n) is 7.11. The highest BCUT2D eigenvalue weighted by Crippen LogP contribution is 2.38. The number of nitro benzene ring substituents is 2.